The van der Waals surface area contributed by atoms with Crippen LogP contribution in [0.1, 0.15) is 46.5 Å². The lowest BCUT2D eigenvalue weighted by Gasteiger charge is -2.34. The lowest BCUT2D eigenvalue weighted by Crippen LogP contribution is -2.19. The standard InChI is InChI=1S/C12H19I/c1-10-6-4-8-12(2,3)11(10)7-5-9-13/h5,9H,4,6-8H2,1-3H3. The third kappa shape index (κ3) is 2.83. The zero-order valence-electron chi connectivity index (χ0n) is 8.86. The van der Waals surface area contributed by atoms with Crippen molar-refractivity contribution in [2.24, 2.45) is 5.41 Å². The molecule has 1 aliphatic rings. The van der Waals surface area contributed by atoms with E-state index in [9.17, 15) is 0 Å². The van der Waals surface area contributed by atoms with Crippen LogP contribution >= 0.6 is 22.6 Å². The molecule has 74 valence electrons. The molecule has 0 unspecified atom stereocenters. The van der Waals surface area contributed by atoms with Crippen molar-refractivity contribution in [2.75, 3.05) is 0 Å². The monoisotopic (exact) mass is 290 g/mol. The lowest BCUT2D eigenvalue weighted by molar-refractivity contribution is 0.361. The second-order valence-electron chi connectivity index (χ2n) is 4.56. The van der Waals surface area contributed by atoms with Crippen LogP contribution in [0.5, 0.6) is 0 Å². The van der Waals surface area contributed by atoms with Gasteiger partial charge in [-0.3, -0.25) is 0 Å². The molecule has 0 radical (unpaired) electrons. The highest BCUT2D eigenvalue weighted by Crippen LogP contribution is 2.41. The summed E-state index contributed by atoms with van der Waals surface area (Å²) in [5.74, 6) is 0. The normalized spacial score (nSPS) is 22.8. The average molecular weight is 290 g/mol. The predicted molar refractivity (Wildman–Crippen MR) is 68.1 cm³/mol. The lowest BCUT2D eigenvalue weighted by atomic mass is 9.71. The predicted octanol–water partition coefficient (Wildman–Crippen LogP) is 4.85. The molecular formula is C12H19I. The van der Waals surface area contributed by atoms with Crippen LogP contribution in [0.2, 0.25) is 0 Å². The third-order valence-corrected chi connectivity index (χ3v) is 3.61. The van der Waals surface area contributed by atoms with Gasteiger partial charge in [-0.2, -0.15) is 0 Å². The Balaban J connectivity index is 2.84. The minimum atomic E-state index is 0.443. The maximum atomic E-state index is 2.38. The van der Waals surface area contributed by atoms with E-state index >= 15 is 0 Å². The molecule has 0 amide bonds. The van der Waals surface area contributed by atoms with Crippen LogP contribution in [0.15, 0.2) is 21.3 Å². The zero-order valence-corrected chi connectivity index (χ0v) is 11.0. The molecule has 0 aromatic rings. The molecule has 0 atom stereocenters. The number of halogens is 1. The molecule has 1 aliphatic carbocycles. The summed E-state index contributed by atoms with van der Waals surface area (Å²) in [5, 5.41) is 0. The molecule has 0 aromatic heterocycles. The van der Waals surface area contributed by atoms with Gasteiger partial charge in [0.05, 0.1) is 0 Å². The van der Waals surface area contributed by atoms with E-state index < -0.39 is 0 Å². The maximum Gasteiger partial charge on any atom is -0.0123 e. The minimum absolute atomic E-state index is 0.443. The summed E-state index contributed by atoms with van der Waals surface area (Å²) in [5.41, 5.74) is 3.75. The van der Waals surface area contributed by atoms with Crippen molar-refractivity contribution >= 4 is 22.6 Å². The molecular weight excluding hydrogens is 271 g/mol. The van der Waals surface area contributed by atoms with Crippen LogP contribution in [-0.2, 0) is 0 Å². The van der Waals surface area contributed by atoms with Gasteiger partial charge < -0.3 is 0 Å². The molecule has 0 aliphatic heterocycles. The van der Waals surface area contributed by atoms with Crippen LogP contribution in [0.25, 0.3) is 0 Å². The molecule has 0 spiro atoms. The first-order chi connectivity index (χ1) is 6.08. The van der Waals surface area contributed by atoms with Crippen LogP contribution in [-0.4, -0.2) is 0 Å². The van der Waals surface area contributed by atoms with E-state index in [0.717, 1.165) is 6.42 Å². The number of hydrogen-bond donors (Lipinski definition) is 0. The second kappa shape index (κ2) is 4.63. The number of hydrogen-bond acceptors (Lipinski definition) is 0. The van der Waals surface area contributed by atoms with Crippen LogP contribution in [0, 0.1) is 5.41 Å². The highest BCUT2D eigenvalue weighted by atomic mass is 127. The Morgan fingerprint density at radius 3 is 2.69 bits per heavy atom. The first-order valence-corrected chi connectivity index (χ1v) is 6.27. The van der Waals surface area contributed by atoms with E-state index in [2.05, 4.69) is 53.5 Å². The Hall–Kier alpha value is 0.210. The summed E-state index contributed by atoms with van der Waals surface area (Å²) >= 11 is 2.30. The van der Waals surface area contributed by atoms with Gasteiger partial charge in [0.2, 0.25) is 0 Å². The molecule has 0 N–H and O–H groups in total. The summed E-state index contributed by atoms with van der Waals surface area (Å²) < 4.78 is 2.13. The minimum Gasteiger partial charge on any atom is -0.0744 e. The van der Waals surface area contributed by atoms with Gasteiger partial charge in [0, 0.05) is 0 Å². The molecule has 0 saturated heterocycles. The topological polar surface area (TPSA) is 0 Å². The van der Waals surface area contributed by atoms with Gasteiger partial charge in [0.25, 0.3) is 0 Å². The van der Waals surface area contributed by atoms with Gasteiger partial charge in [-0.25, -0.2) is 0 Å². The van der Waals surface area contributed by atoms with Gasteiger partial charge in [-0.05, 0) is 42.1 Å². The fourth-order valence-electron chi connectivity index (χ4n) is 2.29. The maximum absolute atomic E-state index is 2.38. The molecule has 1 rings (SSSR count). The summed E-state index contributed by atoms with van der Waals surface area (Å²) in [6.45, 7) is 7.06. The van der Waals surface area contributed by atoms with Crippen molar-refractivity contribution < 1.29 is 0 Å². The first-order valence-electron chi connectivity index (χ1n) is 5.02. The number of rotatable bonds is 2. The van der Waals surface area contributed by atoms with Gasteiger partial charge in [-0.15, -0.1) is 0 Å². The fourth-order valence-corrected chi connectivity index (χ4v) is 2.54. The SMILES string of the molecule is CC1=C(CC=CI)C(C)(C)CCC1. The molecule has 0 heterocycles. The molecule has 0 saturated carbocycles. The van der Waals surface area contributed by atoms with Gasteiger partial charge in [-0.1, -0.05) is 53.7 Å². The van der Waals surface area contributed by atoms with Crippen LogP contribution in [0.4, 0.5) is 0 Å². The number of allylic oxidation sites excluding steroid dienone is 3. The Labute approximate surface area is 95.6 Å². The molecule has 0 fully saturated rings. The van der Waals surface area contributed by atoms with Crippen molar-refractivity contribution in [2.45, 2.75) is 46.5 Å². The average Bonchev–Trinajstić information content (AvgIpc) is 2.02. The third-order valence-electron chi connectivity index (χ3n) is 3.10. The van der Waals surface area contributed by atoms with Crippen LogP contribution < -0.4 is 0 Å². The van der Waals surface area contributed by atoms with E-state index in [1.807, 2.05) is 0 Å². The summed E-state index contributed by atoms with van der Waals surface area (Å²) in [6.07, 6.45) is 7.47. The Morgan fingerprint density at radius 1 is 1.46 bits per heavy atom. The Bertz CT molecular complexity index is 234. The summed E-state index contributed by atoms with van der Waals surface area (Å²) in [4.78, 5) is 0. The van der Waals surface area contributed by atoms with E-state index in [0.29, 0.717) is 5.41 Å². The van der Waals surface area contributed by atoms with E-state index in [1.54, 1.807) is 11.1 Å². The zero-order chi connectivity index (χ0) is 9.90. The van der Waals surface area contributed by atoms with Gasteiger partial charge in [0.1, 0.15) is 0 Å². The van der Waals surface area contributed by atoms with E-state index in [-0.39, 0.29) is 0 Å². The van der Waals surface area contributed by atoms with Crippen molar-refractivity contribution in [3.63, 3.8) is 0 Å². The van der Waals surface area contributed by atoms with Gasteiger partial charge in [0.15, 0.2) is 0 Å². The Morgan fingerprint density at radius 2 is 2.15 bits per heavy atom. The molecule has 13 heavy (non-hydrogen) atoms. The second-order valence-corrected chi connectivity index (χ2v) is 5.28. The molecule has 1 heteroatoms. The quantitative estimate of drug-likeness (QED) is 0.503. The van der Waals surface area contributed by atoms with Crippen LogP contribution in [0.3, 0.4) is 0 Å². The smallest absolute Gasteiger partial charge is 0.0123 e. The largest absolute Gasteiger partial charge is 0.0744 e. The summed E-state index contributed by atoms with van der Waals surface area (Å²) in [7, 11) is 0. The fraction of sp³-hybridized carbons (Fsp3) is 0.667. The van der Waals surface area contributed by atoms with E-state index in [4.69, 9.17) is 0 Å². The van der Waals surface area contributed by atoms with Crippen molar-refractivity contribution in [3.8, 4) is 0 Å². The van der Waals surface area contributed by atoms with Crippen molar-refractivity contribution in [1.29, 1.82) is 0 Å². The molecule has 0 aromatic carbocycles. The summed E-state index contributed by atoms with van der Waals surface area (Å²) in [6, 6.07) is 0. The van der Waals surface area contributed by atoms with E-state index in [1.165, 1.54) is 19.3 Å². The van der Waals surface area contributed by atoms with Crippen molar-refractivity contribution in [3.05, 3.63) is 21.3 Å². The molecule has 0 bridgehead atoms. The van der Waals surface area contributed by atoms with Gasteiger partial charge >= 0.3 is 0 Å². The highest BCUT2D eigenvalue weighted by molar-refractivity contribution is 14.1. The first kappa shape index (κ1) is 11.3. The Kier molecular flexibility index (Phi) is 4.02. The molecule has 0 nitrogen and oxygen atoms in total. The highest BCUT2D eigenvalue weighted by Gasteiger charge is 2.26. The van der Waals surface area contributed by atoms with Crippen molar-refractivity contribution in [1.82, 2.24) is 0 Å².